The summed E-state index contributed by atoms with van der Waals surface area (Å²) in [7, 11) is -4.51. The number of guanidine groups is 1. The summed E-state index contributed by atoms with van der Waals surface area (Å²) in [6.45, 7) is 3.89. The van der Waals surface area contributed by atoms with Crippen molar-refractivity contribution in [2.45, 2.75) is 42.0 Å². The van der Waals surface area contributed by atoms with Gasteiger partial charge < -0.3 is 27.2 Å². The maximum Gasteiger partial charge on any atom is 0.340 e. The molecule has 1 unspecified atom stereocenters. The molecule has 0 fully saturated rings. The molecule has 0 spiro atoms. The zero-order valence-corrected chi connectivity index (χ0v) is 20.2. The van der Waals surface area contributed by atoms with Crippen LogP contribution in [0.25, 0.3) is 0 Å². The minimum absolute atomic E-state index is 0.237. The number of Topliss-reactive ketones (excluding diaryl/α,β-unsaturated/α-hetero) is 1. The molecular formula is C20H27N7O5S2. The molecule has 0 radical (unpaired) electrons. The van der Waals surface area contributed by atoms with Gasteiger partial charge in [0.25, 0.3) is 0 Å². The van der Waals surface area contributed by atoms with Crippen molar-refractivity contribution in [1.29, 1.82) is 0 Å². The first-order valence-electron chi connectivity index (χ1n) is 10.5. The van der Waals surface area contributed by atoms with E-state index in [-0.39, 0.29) is 9.90 Å². The number of hydrogen-bond donors (Lipinski definition) is 5. The first kappa shape index (κ1) is 25.7. The number of carboxylic acids is 1. The van der Waals surface area contributed by atoms with Crippen LogP contribution in [0.2, 0.25) is 0 Å². The van der Waals surface area contributed by atoms with Gasteiger partial charge >= 0.3 is 5.97 Å². The first-order chi connectivity index (χ1) is 16.0. The minimum Gasteiger partial charge on any atom is -0.479 e. The Hall–Kier alpha value is -2.94. The number of aryl methyl sites for hydroxylation is 2. The third-order valence-corrected chi connectivity index (χ3v) is 8.26. The average molecular weight is 510 g/mol. The Morgan fingerprint density at radius 2 is 2.03 bits per heavy atom. The average Bonchev–Trinajstić information content (AvgIpc) is 3.43. The Kier molecular flexibility index (Phi) is 7.97. The number of nitrogens with zero attached hydrogens (tertiary/aromatic N) is 3. The number of sulfone groups is 1. The van der Waals surface area contributed by atoms with E-state index < -0.39 is 38.9 Å². The zero-order valence-electron chi connectivity index (χ0n) is 18.5. The van der Waals surface area contributed by atoms with E-state index in [0.717, 1.165) is 36.8 Å². The second-order valence-electron chi connectivity index (χ2n) is 7.90. The summed E-state index contributed by atoms with van der Waals surface area (Å²) in [5, 5.41) is 22.4. The number of carbonyl (C=O) groups is 2. The summed E-state index contributed by atoms with van der Waals surface area (Å²) >= 11 is 1.15. The molecule has 7 N–H and O–H groups in total. The molecule has 0 saturated heterocycles. The normalized spacial score (nSPS) is 14.9. The molecule has 1 aromatic heterocycles. The van der Waals surface area contributed by atoms with Crippen molar-refractivity contribution in [3.63, 3.8) is 0 Å². The summed E-state index contributed by atoms with van der Waals surface area (Å²) < 4.78 is 26.5. The molecule has 1 atom stereocenters. The summed E-state index contributed by atoms with van der Waals surface area (Å²) in [5.74, 6) is -2.02. The molecule has 2 aromatic rings. The van der Waals surface area contributed by atoms with Gasteiger partial charge in [-0.2, -0.15) is 0 Å². The van der Waals surface area contributed by atoms with Crippen LogP contribution in [0.1, 0.15) is 22.0 Å². The van der Waals surface area contributed by atoms with Crippen LogP contribution in [0, 0.1) is 6.92 Å². The maximum atomic E-state index is 13.3. The number of carbonyl (C=O) groups excluding carboxylic acids is 1. The van der Waals surface area contributed by atoms with E-state index in [1.165, 1.54) is 18.2 Å². The van der Waals surface area contributed by atoms with E-state index in [4.69, 9.17) is 11.5 Å². The highest BCUT2D eigenvalue weighted by molar-refractivity contribution is 7.93. The molecule has 12 nitrogen and oxygen atoms in total. The van der Waals surface area contributed by atoms with Gasteiger partial charge in [0.05, 0.1) is 17.9 Å². The first-order valence-corrected chi connectivity index (χ1v) is 12.9. The lowest BCUT2D eigenvalue weighted by Crippen LogP contribution is -2.69. The van der Waals surface area contributed by atoms with Crippen LogP contribution >= 0.6 is 11.3 Å². The monoisotopic (exact) mass is 509 g/mol. The fourth-order valence-electron chi connectivity index (χ4n) is 3.40. The molecule has 0 aliphatic carbocycles. The fourth-order valence-corrected chi connectivity index (χ4v) is 6.23. The van der Waals surface area contributed by atoms with Crippen LogP contribution in [-0.4, -0.2) is 72.0 Å². The lowest BCUT2D eigenvalue weighted by molar-refractivity contribution is -0.144. The second kappa shape index (κ2) is 10.5. The molecule has 1 aromatic carbocycles. The van der Waals surface area contributed by atoms with E-state index in [0.29, 0.717) is 23.5 Å². The third-order valence-electron chi connectivity index (χ3n) is 5.09. The van der Waals surface area contributed by atoms with Gasteiger partial charge in [-0.25, -0.2) is 13.2 Å². The number of hydrogen-bond acceptors (Lipinski definition) is 12. The molecule has 2 heterocycles. The minimum atomic E-state index is -4.51. The van der Waals surface area contributed by atoms with Crippen LogP contribution < -0.4 is 22.1 Å². The lowest BCUT2D eigenvalue weighted by atomic mass is 10.0. The van der Waals surface area contributed by atoms with Crippen molar-refractivity contribution < 1.29 is 23.1 Å². The highest BCUT2D eigenvalue weighted by atomic mass is 32.2. The predicted octanol–water partition coefficient (Wildman–Crippen LogP) is -1.02. The van der Waals surface area contributed by atoms with Gasteiger partial charge in [-0.1, -0.05) is 12.1 Å². The number of carboxylic acid groups (broad SMARTS) is 1. The van der Waals surface area contributed by atoms with Crippen molar-refractivity contribution in [3.05, 3.63) is 39.8 Å². The molecule has 184 valence electrons. The van der Waals surface area contributed by atoms with Crippen LogP contribution in [0.5, 0.6) is 0 Å². The van der Waals surface area contributed by atoms with Crippen molar-refractivity contribution in [3.8, 4) is 0 Å². The second-order valence-corrected chi connectivity index (χ2v) is 11.1. The van der Waals surface area contributed by atoms with Crippen LogP contribution in [0.4, 0.5) is 0 Å². The molecule has 0 saturated carbocycles. The van der Waals surface area contributed by atoms with E-state index in [1.54, 1.807) is 13.0 Å². The topological polar surface area (TPSA) is 203 Å². The number of benzene rings is 1. The third kappa shape index (κ3) is 5.94. The van der Waals surface area contributed by atoms with Crippen molar-refractivity contribution >= 4 is 38.9 Å². The maximum absolute atomic E-state index is 13.3. The summed E-state index contributed by atoms with van der Waals surface area (Å²) in [6, 6.07) is 5.75. The van der Waals surface area contributed by atoms with E-state index in [9.17, 15) is 23.1 Å². The number of nitrogens with two attached hydrogens (primary N) is 2. The molecule has 1 aliphatic heterocycles. The molecule has 14 heteroatoms. The number of aliphatic imine (C=N–C) groups is 1. The SMILES string of the molecule is Cc1cccc(S(=O)(=O)C(C(=O)Cc2nnc(CCCNC3=NCCN3)s2)C(N)(N)C(=O)O)c1. The Morgan fingerprint density at radius 1 is 1.29 bits per heavy atom. The Morgan fingerprint density at radius 3 is 2.68 bits per heavy atom. The van der Waals surface area contributed by atoms with Gasteiger partial charge in [0.15, 0.2) is 32.5 Å². The number of ketones is 1. The number of nitrogens with one attached hydrogen (secondary N) is 2. The van der Waals surface area contributed by atoms with Gasteiger partial charge in [-0.05, 0) is 31.0 Å². The van der Waals surface area contributed by atoms with Gasteiger partial charge in [-0.3, -0.25) is 9.79 Å². The lowest BCUT2D eigenvalue weighted by Gasteiger charge is -2.28. The number of aromatic nitrogens is 2. The molecule has 0 bridgehead atoms. The Labute approximate surface area is 200 Å². The van der Waals surface area contributed by atoms with Gasteiger partial charge in [0.2, 0.25) is 0 Å². The highest BCUT2D eigenvalue weighted by Crippen LogP contribution is 2.25. The van der Waals surface area contributed by atoms with E-state index in [2.05, 4.69) is 25.8 Å². The van der Waals surface area contributed by atoms with Crippen molar-refractivity contribution in [2.75, 3.05) is 19.6 Å². The Bertz CT molecular complexity index is 1190. The van der Waals surface area contributed by atoms with Gasteiger partial charge in [0.1, 0.15) is 10.0 Å². The largest absolute Gasteiger partial charge is 0.479 e. The quantitative estimate of drug-likeness (QED) is 0.183. The summed E-state index contributed by atoms with van der Waals surface area (Å²) in [4.78, 5) is 28.8. The summed E-state index contributed by atoms with van der Waals surface area (Å²) in [6.07, 6.45) is 0.862. The number of aliphatic carboxylic acids is 1. The van der Waals surface area contributed by atoms with Crippen LogP contribution in [-0.2, 0) is 32.3 Å². The van der Waals surface area contributed by atoms with E-state index in [1.807, 2.05) is 0 Å². The standard InChI is InChI=1S/C20H27N7O5S2/c1-12-4-2-5-13(10-12)34(31,32)17(20(21,22)18(29)30)14(28)11-16-27-26-15(33-16)6-3-7-23-19-24-8-9-25-19/h2,4-5,10,17H,3,6-9,11,21-22H2,1H3,(H,29,30)(H2,23,24,25). The van der Waals surface area contributed by atoms with Crippen LogP contribution in [0.3, 0.4) is 0 Å². The molecule has 0 amide bonds. The van der Waals surface area contributed by atoms with Gasteiger partial charge in [0, 0.05) is 19.5 Å². The predicted molar refractivity (Wildman–Crippen MR) is 126 cm³/mol. The highest BCUT2D eigenvalue weighted by Gasteiger charge is 2.51. The van der Waals surface area contributed by atoms with Crippen LogP contribution in [0.15, 0.2) is 34.2 Å². The summed E-state index contributed by atoms with van der Waals surface area (Å²) in [5.41, 5.74) is 9.14. The molecule has 1 aliphatic rings. The molecule has 3 rings (SSSR count). The smallest absolute Gasteiger partial charge is 0.340 e. The van der Waals surface area contributed by atoms with Crippen molar-refractivity contribution in [2.24, 2.45) is 16.5 Å². The fraction of sp³-hybridized carbons (Fsp3) is 0.450. The zero-order chi connectivity index (χ0) is 24.9. The Balaban J connectivity index is 1.73. The van der Waals surface area contributed by atoms with E-state index >= 15 is 0 Å². The van der Waals surface area contributed by atoms with Gasteiger partial charge in [-0.15, -0.1) is 21.5 Å². The molecular weight excluding hydrogens is 482 g/mol. The molecule has 34 heavy (non-hydrogen) atoms. The number of rotatable bonds is 11. The van der Waals surface area contributed by atoms with Crippen molar-refractivity contribution in [1.82, 2.24) is 20.8 Å².